The average Bonchev–Trinajstić information content (AvgIpc) is 3.16. The van der Waals surface area contributed by atoms with Gasteiger partial charge in [-0.3, -0.25) is 0 Å². The molecule has 0 fully saturated rings. The fourth-order valence-corrected chi connectivity index (χ4v) is 2.93. The number of aromatic nitrogens is 2. The lowest BCUT2D eigenvalue weighted by atomic mass is 10.2. The first-order valence-electron chi connectivity index (χ1n) is 8.40. The molecular formula is C19H19BrN4O3. The minimum Gasteiger partial charge on any atom is -0.495 e. The van der Waals surface area contributed by atoms with E-state index in [0.29, 0.717) is 29.6 Å². The third-order valence-corrected chi connectivity index (χ3v) is 4.39. The molecule has 27 heavy (non-hydrogen) atoms. The molecule has 1 atom stereocenters. The fourth-order valence-electron chi connectivity index (χ4n) is 2.53. The number of urea groups is 1. The van der Waals surface area contributed by atoms with Crippen molar-refractivity contribution in [3.05, 3.63) is 58.8 Å². The maximum atomic E-state index is 12.4. The highest BCUT2D eigenvalue weighted by Gasteiger charge is 2.20. The van der Waals surface area contributed by atoms with Gasteiger partial charge >= 0.3 is 6.03 Å². The van der Waals surface area contributed by atoms with Crippen molar-refractivity contribution in [3.63, 3.8) is 0 Å². The molecule has 8 heteroatoms. The Morgan fingerprint density at radius 2 is 2.07 bits per heavy atom. The van der Waals surface area contributed by atoms with Gasteiger partial charge in [0, 0.05) is 10.0 Å². The summed E-state index contributed by atoms with van der Waals surface area (Å²) in [6, 6.07) is 14.0. The Morgan fingerprint density at radius 1 is 1.26 bits per heavy atom. The van der Waals surface area contributed by atoms with E-state index in [1.807, 2.05) is 43.3 Å². The van der Waals surface area contributed by atoms with Gasteiger partial charge < -0.3 is 19.9 Å². The minimum atomic E-state index is -0.385. The van der Waals surface area contributed by atoms with Crippen LogP contribution in [0.5, 0.6) is 5.75 Å². The molecule has 0 spiro atoms. The van der Waals surface area contributed by atoms with Crippen LogP contribution in [0.1, 0.15) is 25.2 Å². The molecule has 0 aliphatic carbocycles. The molecule has 0 radical (unpaired) electrons. The van der Waals surface area contributed by atoms with Gasteiger partial charge in [-0.05, 0) is 36.8 Å². The van der Waals surface area contributed by atoms with Crippen molar-refractivity contribution in [2.75, 3.05) is 12.4 Å². The smallest absolute Gasteiger partial charge is 0.319 e. The molecule has 1 heterocycles. The lowest BCUT2D eigenvalue weighted by molar-refractivity contribution is 0.247. The van der Waals surface area contributed by atoms with E-state index in [9.17, 15) is 4.79 Å². The quantitative estimate of drug-likeness (QED) is 0.587. The Labute approximate surface area is 165 Å². The molecule has 3 aromatic rings. The van der Waals surface area contributed by atoms with Crippen molar-refractivity contribution in [3.8, 4) is 17.2 Å². The van der Waals surface area contributed by atoms with Crippen molar-refractivity contribution in [1.29, 1.82) is 0 Å². The molecule has 7 nitrogen and oxygen atoms in total. The molecular weight excluding hydrogens is 412 g/mol. The number of amides is 2. The highest BCUT2D eigenvalue weighted by molar-refractivity contribution is 9.10. The number of methoxy groups -OCH3 is 1. The monoisotopic (exact) mass is 430 g/mol. The van der Waals surface area contributed by atoms with Crippen molar-refractivity contribution < 1.29 is 14.1 Å². The number of hydrogen-bond acceptors (Lipinski definition) is 5. The van der Waals surface area contributed by atoms with Crippen molar-refractivity contribution in [2.45, 2.75) is 19.4 Å². The van der Waals surface area contributed by atoms with Crippen LogP contribution < -0.4 is 15.4 Å². The number of carbonyl (C=O) groups is 1. The molecule has 140 valence electrons. The van der Waals surface area contributed by atoms with E-state index in [0.717, 1.165) is 10.0 Å². The lowest BCUT2D eigenvalue weighted by Gasteiger charge is -2.15. The van der Waals surface area contributed by atoms with E-state index < -0.39 is 0 Å². The molecule has 0 bridgehead atoms. The van der Waals surface area contributed by atoms with E-state index in [1.165, 1.54) is 0 Å². The molecule has 2 amide bonds. The summed E-state index contributed by atoms with van der Waals surface area (Å²) in [5.74, 6) is 1.40. The second kappa shape index (κ2) is 8.68. The van der Waals surface area contributed by atoms with Crippen LogP contribution in [0, 0.1) is 0 Å². The molecule has 0 unspecified atom stereocenters. The van der Waals surface area contributed by atoms with Crippen LogP contribution in [-0.4, -0.2) is 23.3 Å². The molecule has 1 aromatic heterocycles. The Balaban J connectivity index is 1.71. The Morgan fingerprint density at radius 3 is 2.81 bits per heavy atom. The number of nitrogens with one attached hydrogen (secondary N) is 2. The molecule has 0 saturated carbocycles. The van der Waals surface area contributed by atoms with Crippen LogP contribution in [0.3, 0.4) is 0 Å². The number of ether oxygens (including phenoxy) is 1. The minimum absolute atomic E-state index is 0.375. The van der Waals surface area contributed by atoms with E-state index in [4.69, 9.17) is 9.26 Å². The van der Waals surface area contributed by atoms with Crippen LogP contribution in [-0.2, 0) is 0 Å². The normalized spacial score (nSPS) is 11.7. The SMILES string of the molecule is CC[C@H](NC(=O)Nc1ccccc1OC)c1noc(-c2cccc(Br)c2)n1. The zero-order valence-corrected chi connectivity index (χ0v) is 16.5. The van der Waals surface area contributed by atoms with Gasteiger partial charge in [-0.25, -0.2) is 4.79 Å². The molecule has 0 aliphatic heterocycles. The topological polar surface area (TPSA) is 89.3 Å². The molecule has 2 N–H and O–H groups in total. The second-order valence-corrected chi connectivity index (χ2v) is 6.64. The largest absolute Gasteiger partial charge is 0.495 e. The standard InChI is InChI=1S/C19H19BrN4O3/c1-3-14(21-19(25)22-15-9-4-5-10-16(15)26-2)17-23-18(27-24-17)12-7-6-8-13(20)11-12/h4-11,14H,3H2,1-2H3,(H2,21,22,25)/t14-/m0/s1. The Hall–Kier alpha value is -2.87. The number of hydrogen-bond donors (Lipinski definition) is 2. The van der Waals surface area contributed by atoms with Crippen LogP contribution in [0.25, 0.3) is 11.5 Å². The van der Waals surface area contributed by atoms with Crippen LogP contribution in [0.15, 0.2) is 57.5 Å². The van der Waals surface area contributed by atoms with Crippen LogP contribution in [0.2, 0.25) is 0 Å². The fraction of sp³-hybridized carbons (Fsp3) is 0.211. The summed E-state index contributed by atoms with van der Waals surface area (Å²) in [5.41, 5.74) is 1.38. The third-order valence-electron chi connectivity index (χ3n) is 3.89. The summed E-state index contributed by atoms with van der Waals surface area (Å²) >= 11 is 3.42. The summed E-state index contributed by atoms with van der Waals surface area (Å²) in [4.78, 5) is 16.8. The van der Waals surface area contributed by atoms with Gasteiger partial charge in [0.05, 0.1) is 18.8 Å². The van der Waals surface area contributed by atoms with E-state index >= 15 is 0 Å². The van der Waals surface area contributed by atoms with Crippen LogP contribution >= 0.6 is 15.9 Å². The number of para-hydroxylation sites is 2. The number of anilines is 1. The predicted molar refractivity (Wildman–Crippen MR) is 106 cm³/mol. The maximum absolute atomic E-state index is 12.4. The van der Waals surface area contributed by atoms with Gasteiger partial charge in [0.15, 0.2) is 5.82 Å². The highest BCUT2D eigenvalue weighted by Crippen LogP contribution is 2.25. The number of nitrogens with zero attached hydrogens (tertiary/aromatic N) is 2. The number of carbonyl (C=O) groups excluding carboxylic acids is 1. The third kappa shape index (κ3) is 4.65. The van der Waals surface area contributed by atoms with Crippen LogP contribution in [0.4, 0.5) is 10.5 Å². The zero-order valence-electron chi connectivity index (χ0n) is 14.9. The Bertz CT molecular complexity index is 929. The number of rotatable bonds is 6. The van der Waals surface area contributed by atoms with Gasteiger partial charge in [0.2, 0.25) is 0 Å². The number of halogens is 1. The second-order valence-electron chi connectivity index (χ2n) is 5.73. The molecule has 0 aliphatic rings. The highest BCUT2D eigenvalue weighted by atomic mass is 79.9. The van der Waals surface area contributed by atoms with E-state index in [2.05, 4.69) is 36.7 Å². The Kier molecular flexibility index (Phi) is 6.08. The predicted octanol–water partition coefficient (Wildman–Crippen LogP) is 4.78. The van der Waals surface area contributed by atoms with Crippen molar-refractivity contribution >= 4 is 27.6 Å². The zero-order chi connectivity index (χ0) is 19.2. The summed E-state index contributed by atoms with van der Waals surface area (Å²) in [7, 11) is 1.55. The van der Waals surface area contributed by atoms with E-state index in [1.54, 1.807) is 19.2 Å². The lowest BCUT2D eigenvalue weighted by Crippen LogP contribution is -2.33. The molecule has 0 saturated heterocycles. The summed E-state index contributed by atoms with van der Waals surface area (Å²) in [5, 5.41) is 9.65. The van der Waals surface area contributed by atoms with E-state index in [-0.39, 0.29) is 12.1 Å². The van der Waals surface area contributed by atoms with Crippen molar-refractivity contribution in [2.24, 2.45) is 0 Å². The van der Waals surface area contributed by atoms with Gasteiger partial charge in [-0.2, -0.15) is 4.98 Å². The first kappa shape index (κ1) is 18.9. The summed E-state index contributed by atoms with van der Waals surface area (Å²) in [6.07, 6.45) is 0.608. The number of benzene rings is 2. The van der Waals surface area contributed by atoms with Gasteiger partial charge in [0.25, 0.3) is 5.89 Å². The molecule has 2 aromatic carbocycles. The first-order chi connectivity index (χ1) is 13.1. The van der Waals surface area contributed by atoms with Gasteiger partial charge in [0.1, 0.15) is 5.75 Å². The molecule has 3 rings (SSSR count). The van der Waals surface area contributed by atoms with Gasteiger partial charge in [-0.1, -0.05) is 46.2 Å². The maximum Gasteiger partial charge on any atom is 0.319 e. The first-order valence-corrected chi connectivity index (χ1v) is 9.20. The average molecular weight is 431 g/mol. The summed E-state index contributed by atoms with van der Waals surface area (Å²) in [6.45, 7) is 1.93. The van der Waals surface area contributed by atoms with Gasteiger partial charge in [-0.15, -0.1) is 0 Å². The summed E-state index contributed by atoms with van der Waals surface area (Å²) < 4.78 is 11.5. The van der Waals surface area contributed by atoms with Crippen molar-refractivity contribution in [1.82, 2.24) is 15.5 Å².